The number of allylic oxidation sites excluding steroid dienone is 4. The molecule has 0 bridgehead atoms. The van der Waals surface area contributed by atoms with Crippen LogP contribution in [0.2, 0.25) is 0 Å². The molecule has 0 spiro atoms. The fraction of sp³-hybridized carbons (Fsp3) is 0.875. The standard InChI is InChI=1S/C32H52N2O6/c1-2-15-28(39-31(26-20-11-5-12-21-26)29(33(35)36)24-16-7-3-8-17-24)40-32(27-22-13-6-14-23-27)30(34(37)38)25-18-9-4-10-19-25/h24-28H,2-23H2,1H3. The predicted octanol–water partition coefficient (Wildman–Crippen LogP) is 9.44. The highest BCUT2D eigenvalue weighted by atomic mass is 16.7. The van der Waals surface area contributed by atoms with Gasteiger partial charge in [-0.15, -0.1) is 0 Å². The molecule has 0 amide bonds. The van der Waals surface area contributed by atoms with E-state index in [0.29, 0.717) is 17.9 Å². The zero-order valence-electron chi connectivity index (χ0n) is 24.8. The first-order chi connectivity index (χ1) is 19.5. The molecular formula is C32H52N2O6. The van der Waals surface area contributed by atoms with Gasteiger partial charge in [-0.2, -0.15) is 0 Å². The van der Waals surface area contributed by atoms with Gasteiger partial charge in [0.2, 0.25) is 6.29 Å². The summed E-state index contributed by atoms with van der Waals surface area (Å²) in [4.78, 5) is 24.9. The molecule has 0 saturated heterocycles. The van der Waals surface area contributed by atoms with Crippen LogP contribution in [0.25, 0.3) is 0 Å². The molecule has 0 aliphatic heterocycles. The van der Waals surface area contributed by atoms with E-state index in [0.717, 1.165) is 135 Å². The average Bonchev–Trinajstić information content (AvgIpc) is 2.98. The van der Waals surface area contributed by atoms with Gasteiger partial charge in [0.15, 0.2) is 11.5 Å². The van der Waals surface area contributed by atoms with Crippen molar-refractivity contribution in [2.45, 2.75) is 154 Å². The van der Waals surface area contributed by atoms with Crippen LogP contribution in [-0.2, 0) is 9.47 Å². The minimum absolute atomic E-state index is 0.0227. The van der Waals surface area contributed by atoms with Gasteiger partial charge in [0.1, 0.15) is 0 Å². The Morgan fingerprint density at radius 1 is 0.575 bits per heavy atom. The molecule has 0 heterocycles. The summed E-state index contributed by atoms with van der Waals surface area (Å²) in [7, 11) is 0. The zero-order valence-corrected chi connectivity index (χ0v) is 24.8. The summed E-state index contributed by atoms with van der Waals surface area (Å²) in [5, 5.41) is 25.2. The fourth-order valence-electron chi connectivity index (χ4n) is 7.75. The second-order valence-electron chi connectivity index (χ2n) is 12.8. The van der Waals surface area contributed by atoms with E-state index in [1.807, 2.05) is 0 Å². The van der Waals surface area contributed by atoms with Crippen LogP contribution in [0.5, 0.6) is 0 Å². The van der Waals surface area contributed by atoms with E-state index in [1.165, 1.54) is 0 Å². The molecule has 8 heteroatoms. The predicted molar refractivity (Wildman–Crippen MR) is 155 cm³/mol. The summed E-state index contributed by atoms with van der Waals surface area (Å²) in [6.07, 6.45) is 20.3. The molecule has 0 radical (unpaired) electrons. The van der Waals surface area contributed by atoms with E-state index in [2.05, 4.69) is 6.92 Å². The van der Waals surface area contributed by atoms with E-state index in [-0.39, 0.29) is 44.9 Å². The molecule has 4 saturated carbocycles. The van der Waals surface area contributed by atoms with Crippen LogP contribution in [0.1, 0.15) is 148 Å². The Kier molecular flexibility index (Phi) is 12.2. The minimum Gasteiger partial charge on any atom is -0.452 e. The molecule has 40 heavy (non-hydrogen) atoms. The van der Waals surface area contributed by atoms with Crippen molar-refractivity contribution >= 4 is 0 Å². The Balaban J connectivity index is 1.72. The van der Waals surface area contributed by atoms with Gasteiger partial charge in [-0.1, -0.05) is 84.0 Å². The minimum atomic E-state index is -0.740. The summed E-state index contributed by atoms with van der Waals surface area (Å²) in [5.74, 6) is 0.918. The van der Waals surface area contributed by atoms with E-state index in [1.54, 1.807) is 0 Å². The Bertz CT molecular complexity index is 821. The maximum absolute atomic E-state index is 12.6. The Morgan fingerprint density at radius 3 is 1.15 bits per heavy atom. The van der Waals surface area contributed by atoms with E-state index >= 15 is 0 Å². The van der Waals surface area contributed by atoms with Gasteiger partial charge >= 0.3 is 0 Å². The third kappa shape index (κ3) is 8.22. The number of hydrogen-bond acceptors (Lipinski definition) is 6. The van der Waals surface area contributed by atoms with Crippen molar-refractivity contribution in [1.82, 2.24) is 0 Å². The molecular weight excluding hydrogens is 508 g/mol. The molecule has 4 fully saturated rings. The topological polar surface area (TPSA) is 105 Å². The monoisotopic (exact) mass is 560 g/mol. The molecule has 0 unspecified atom stereocenters. The molecule has 226 valence electrons. The molecule has 0 aromatic heterocycles. The summed E-state index contributed by atoms with van der Waals surface area (Å²) >= 11 is 0. The zero-order chi connectivity index (χ0) is 28.3. The van der Waals surface area contributed by atoms with Crippen LogP contribution in [0.15, 0.2) is 22.9 Å². The van der Waals surface area contributed by atoms with Crippen molar-refractivity contribution in [3.05, 3.63) is 43.1 Å². The smallest absolute Gasteiger partial charge is 0.286 e. The quantitative estimate of drug-likeness (QED) is 0.102. The number of hydrogen-bond donors (Lipinski definition) is 0. The normalized spacial score (nSPS) is 24.5. The average molecular weight is 561 g/mol. The first kappa shape index (κ1) is 30.8. The lowest BCUT2D eigenvalue weighted by molar-refractivity contribution is -0.441. The van der Waals surface area contributed by atoms with Crippen LogP contribution in [-0.4, -0.2) is 16.1 Å². The first-order valence-electron chi connectivity index (χ1n) is 16.6. The van der Waals surface area contributed by atoms with E-state index in [4.69, 9.17) is 9.47 Å². The van der Waals surface area contributed by atoms with Crippen molar-refractivity contribution < 1.29 is 19.3 Å². The van der Waals surface area contributed by atoms with Crippen LogP contribution in [0.3, 0.4) is 0 Å². The first-order valence-corrected chi connectivity index (χ1v) is 16.6. The molecule has 4 aliphatic rings. The van der Waals surface area contributed by atoms with Gasteiger partial charge in [0, 0.05) is 18.3 Å². The van der Waals surface area contributed by atoms with Gasteiger partial charge in [-0.3, -0.25) is 20.2 Å². The highest BCUT2D eigenvalue weighted by molar-refractivity contribution is 5.12. The lowest BCUT2D eigenvalue weighted by Crippen LogP contribution is -2.30. The highest BCUT2D eigenvalue weighted by Crippen LogP contribution is 2.42. The molecule has 8 nitrogen and oxygen atoms in total. The summed E-state index contributed by atoms with van der Waals surface area (Å²) in [6, 6.07) is 0. The molecule has 0 aromatic rings. The van der Waals surface area contributed by atoms with Crippen LogP contribution < -0.4 is 0 Å². The van der Waals surface area contributed by atoms with Crippen LogP contribution in [0, 0.1) is 43.9 Å². The molecule has 4 rings (SSSR count). The largest absolute Gasteiger partial charge is 0.452 e. The molecule has 0 N–H and O–H groups in total. The van der Waals surface area contributed by atoms with Gasteiger partial charge in [-0.05, 0) is 57.8 Å². The SMILES string of the molecule is CCCC(OC(=C(C1CCCCC1)[N+](=O)[O-])C1CCCCC1)OC(=C(C1CCCCC1)[N+](=O)[O-])C1CCCCC1. The van der Waals surface area contributed by atoms with Crippen LogP contribution in [0.4, 0.5) is 0 Å². The van der Waals surface area contributed by atoms with Crippen molar-refractivity contribution in [1.29, 1.82) is 0 Å². The molecule has 4 aliphatic carbocycles. The third-order valence-electron chi connectivity index (χ3n) is 9.88. The Morgan fingerprint density at radius 2 is 0.875 bits per heavy atom. The highest BCUT2D eigenvalue weighted by Gasteiger charge is 2.40. The van der Waals surface area contributed by atoms with E-state index in [9.17, 15) is 20.2 Å². The maximum atomic E-state index is 12.6. The second kappa shape index (κ2) is 15.8. The van der Waals surface area contributed by atoms with Crippen molar-refractivity contribution in [2.24, 2.45) is 23.7 Å². The maximum Gasteiger partial charge on any atom is 0.286 e. The summed E-state index contributed by atoms with van der Waals surface area (Å²) < 4.78 is 13.4. The lowest BCUT2D eigenvalue weighted by atomic mass is 9.81. The third-order valence-corrected chi connectivity index (χ3v) is 9.88. The van der Waals surface area contributed by atoms with Crippen molar-refractivity contribution in [3.8, 4) is 0 Å². The van der Waals surface area contributed by atoms with Crippen molar-refractivity contribution in [2.75, 3.05) is 0 Å². The summed E-state index contributed by atoms with van der Waals surface area (Å²) in [6.45, 7) is 2.05. The Labute approximate surface area is 240 Å². The number of rotatable bonds is 12. The van der Waals surface area contributed by atoms with Crippen molar-refractivity contribution in [3.63, 3.8) is 0 Å². The second-order valence-corrected chi connectivity index (χ2v) is 12.8. The molecule has 0 atom stereocenters. The summed E-state index contributed by atoms with van der Waals surface area (Å²) in [5.41, 5.74) is 0.530. The number of nitro groups is 2. The van der Waals surface area contributed by atoms with Crippen LogP contribution >= 0.6 is 0 Å². The fourth-order valence-corrected chi connectivity index (χ4v) is 7.75. The van der Waals surface area contributed by atoms with E-state index < -0.39 is 6.29 Å². The molecule has 0 aromatic carbocycles. The van der Waals surface area contributed by atoms with Gasteiger partial charge in [0.25, 0.3) is 11.4 Å². The Hall–Kier alpha value is -2.12. The van der Waals surface area contributed by atoms with Gasteiger partial charge in [-0.25, -0.2) is 0 Å². The number of ether oxygens (including phenoxy) is 2. The number of nitrogens with zero attached hydrogens (tertiary/aromatic N) is 2. The lowest BCUT2D eigenvalue weighted by Gasteiger charge is -2.33. The van der Waals surface area contributed by atoms with Gasteiger partial charge in [0.05, 0.1) is 21.7 Å². The van der Waals surface area contributed by atoms with Gasteiger partial charge < -0.3 is 9.47 Å².